The molecule has 0 amide bonds. The minimum Gasteiger partial charge on any atom is -0.384 e. The SMILES string of the molecule is CCC(CCNc1ccc(-n2cncn2)nc1)CC1CCN(c2ncc(Cl)cn2)CC1. The molecule has 1 unspecified atom stereocenters. The standard InChI is InChI=1S/C22H29ClN8/c1-2-17(5-8-25-20-3-4-21(26-14-20)31-16-24-15-29-31)11-18-6-9-30(10-7-18)22-27-12-19(23)13-28-22/h3-4,12-18,25H,2,5-11H2,1H3. The summed E-state index contributed by atoms with van der Waals surface area (Å²) in [6.45, 7) is 5.30. The predicted octanol–water partition coefficient (Wildman–Crippen LogP) is 4.24. The lowest BCUT2D eigenvalue weighted by Crippen LogP contribution is -2.35. The van der Waals surface area contributed by atoms with Gasteiger partial charge in [0.2, 0.25) is 5.95 Å². The third kappa shape index (κ3) is 5.91. The maximum atomic E-state index is 5.90. The summed E-state index contributed by atoms with van der Waals surface area (Å²) < 4.78 is 1.65. The third-order valence-electron chi connectivity index (χ3n) is 6.03. The second-order valence-corrected chi connectivity index (χ2v) is 8.54. The summed E-state index contributed by atoms with van der Waals surface area (Å²) >= 11 is 5.90. The van der Waals surface area contributed by atoms with Crippen molar-refractivity contribution >= 4 is 23.2 Å². The average Bonchev–Trinajstić information content (AvgIpc) is 3.35. The normalized spacial score (nSPS) is 15.7. The Morgan fingerprint density at radius 3 is 2.58 bits per heavy atom. The highest BCUT2D eigenvalue weighted by atomic mass is 35.5. The van der Waals surface area contributed by atoms with E-state index in [1.165, 1.54) is 38.4 Å². The van der Waals surface area contributed by atoms with E-state index in [-0.39, 0.29) is 0 Å². The summed E-state index contributed by atoms with van der Waals surface area (Å²) in [5.41, 5.74) is 1.04. The summed E-state index contributed by atoms with van der Waals surface area (Å²) in [6, 6.07) is 3.99. The predicted molar refractivity (Wildman–Crippen MR) is 123 cm³/mol. The first-order valence-electron chi connectivity index (χ1n) is 11.0. The highest BCUT2D eigenvalue weighted by Crippen LogP contribution is 2.29. The largest absolute Gasteiger partial charge is 0.384 e. The van der Waals surface area contributed by atoms with Gasteiger partial charge in [0, 0.05) is 19.6 Å². The van der Waals surface area contributed by atoms with Crippen LogP contribution < -0.4 is 10.2 Å². The van der Waals surface area contributed by atoms with Crippen LogP contribution in [0.1, 0.15) is 39.0 Å². The van der Waals surface area contributed by atoms with E-state index >= 15 is 0 Å². The van der Waals surface area contributed by atoms with Gasteiger partial charge in [0.25, 0.3) is 0 Å². The lowest BCUT2D eigenvalue weighted by atomic mass is 9.84. The number of nitrogens with one attached hydrogen (secondary N) is 1. The first-order chi connectivity index (χ1) is 15.2. The molecule has 1 fully saturated rings. The maximum absolute atomic E-state index is 5.90. The van der Waals surface area contributed by atoms with E-state index in [4.69, 9.17) is 11.6 Å². The Morgan fingerprint density at radius 1 is 1.13 bits per heavy atom. The van der Waals surface area contributed by atoms with Gasteiger partial charge in [-0.1, -0.05) is 24.9 Å². The molecule has 9 heteroatoms. The second kappa shape index (κ2) is 10.5. The Hall–Kier alpha value is -2.74. The molecule has 0 aromatic carbocycles. The molecule has 4 rings (SSSR count). The van der Waals surface area contributed by atoms with Crippen LogP contribution in [-0.4, -0.2) is 49.4 Å². The number of anilines is 2. The zero-order valence-corrected chi connectivity index (χ0v) is 18.6. The highest BCUT2D eigenvalue weighted by molar-refractivity contribution is 6.30. The number of pyridine rings is 1. The summed E-state index contributed by atoms with van der Waals surface area (Å²) in [4.78, 5) is 19.4. The Kier molecular flexibility index (Phi) is 7.30. The number of hydrogen-bond acceptors (Lipinski definition) is 7. The van der Waals surface area contributed by atoms with Crippen LogP contribution in [0.15, 0.2) is 43.4 Å². The zero-order chi connectivity index (χ0) is 21.5. The number of halogens is 1. The summed E-state index contributed by atoms with van der Waals surface area (Å²) in [7, 11) is 0. The summed E-state index contributed by atoms with van der Waals surface area (Å²) in [6.07, 6.45) is 14.4. The molecule has 4 heterocycles. The van der Waals surface area contributed by atoms with Gasteiger partial charge < -0.3 is 10.2 Å². The van der Waals surface area contributed by atoms with Gasteiger partial charge >= 0.3 is 0 Å². The van der Waals surface area contributed by atoms with Crippen molar-refractivity contribution < 1.29 is 0 Å². The van der Waals surface area contributed by atoms with E-state index in [0.717, 1.165) is 48.9 Å². The Bertz CT molecular complexity index is 906. The molecule has 1 aliphatic rings. The van der Waals surface area contributed by atoms with Crippen LogP contribution in [0.3, 0.4) is 0 Å². The molecule has 164 valence electrons. The van der Waals surface area contributed by atoms with Crippen LogP contribution in [-0.2, 0) is 0 Å². The molecule has 0 bridgehead atoms. The zero-order valence-electron chi connectivity index (χ0n) is 17.9. The van der Waals surface area contributed by atoms with Gasteiger partial charge in [-0.25, -0.2) is 24.6 Å². The van der Waals surface area contributed by atoms with E-state index in [1.54, 1.807) is 23.4 Å². The van der Waals surface area contributed by atoms with E-state index in [1.807, 2.05) is 18.3 Å². The lowest BCUT2D eigenvalue weighted by molar-refractivity contribution is 0.300. The average molecular weight is 441 g/mol. The maximum Gasteiger partial charge on any atom is 0.225 e. The van der Waals surface area contributed by atoms with Crippen LogP contribution in [0.25, 0.3) is 5.82 Å². The van der Waals surface area contributed by atoms with Gasteiger partial charge in [-0.15, -0.1) is 0 Å². The monoisotopic (exact) mass is 440 g/mol. The van der Waals surface area contributed by atoms with E-state index in [9.17, 15) is 0 Å². The summed E-state index contributed by atoms with van der Waals surface area (Å²) in [5, 5.41) is 8.19. The fourth-order valence-electron chi connectivity index (χ4n) is 4.17. The number of aromatic nitrogens is 6. The Labute approximate surface area is 188 Å². The molecule has 1 saturated heterocycles. The first kappa shape index (κ1) is 21.5. The third-order valence-corrected chi connectivity index (χ3v) is 6.23. The smallest absolute Gasteiger partial charge is 0.225 e. The van der Waals surface area contributed by atoms with Crippen molar-refractivity contribution in [3.05, 3.63) is 48.4 Å². The topological polar surface area (TPSA) is 84.7 Å². The van der Waals surface area contributed by atoms with Crippen LogP contribution in [0, 0.1) is 11.8 Å². The molecule has 8 nitrogen and oxygen atoms in total. The van der Waals surface area contributed by atoms with Crippen molar-refractivity contribution in [2.45, 2.75) is 39.0 Å². The highest BCUT2D eigenvalue weighted by Gasteiger charge is 2.23. The number of rotatable bonds is 9. The lowest BCUT2D eigenvalue weighted by Gasteiger charge is -2.33. The molecule has 1 atom stereocenters. The van der Waals surface area contributed by atoms with Crippen molar-refractivity contribution in [3.63, 3.8) is 0 Å². The molecule has 3 aromatic rings. The van der Waals surface area contributed by atoms with Gasteiger partial charge in [-0.3, -0.25) is 0 Å². The van der Waals surface area contributed by atoms with E-state index < -0.39 is 0 Å². The molecule has 3 aromatic heterocycles. The Balaban J connectivity index is 1.19. The van der Waals surface area contributed by atoms with Crippen molar-refractivity contribution in [2.24, 2.45) is 11.8 Å². The molecule has 1 aliphatic heterocycles. The molecule has 0 radical (unpaired) electrons. The number of hydrogen-bond donors (Lipinski definition) is 1. The van der Waals surface area contributed by atoms with Crippen molar-refractivity contribution in [3.8, 4) is 5.82 Å². The molecule has 0 saturated carbocycles. The summed E-state index contributed by atoms with van der Waals surface area (Å²) in [5.74, 6) is 3.07. The fraction of sp³-hybridized carbons (Fsp3) is 0.500. The van der Waals surface area contributed by atoms with Crippen LogP contribution >= 0.6 is 11.6 Å². The van der Waals surface area contributed by atoms with Gasteiger partial charge in [-0.2, -0.15) is 5.10 Å². The van der Waals surface area contributed by atoms with Crippen LogP contribution in [0.2, 0.25) is 5.02 Å². The van der Waals surface area contributed by atoms with E-state index in [2.05, 4.69) is 42.2 Å². The minimum atomic E-state index is 0.583. The molecule has 0 spiro atoms. The molecule has 31 heavy (non-hydrogen) atoms. The number of nitrogens with zero attached hydrogens (tertiary/aromatic N) is 7. The molecular formula is C22H29ClN8. The molecule has 0 aliphatic carbocycles. The Morgan fingerprint density at radius 2 is 1.94 bits per heavy atom. The van der Waals surface area contributed by atoms with Crippen molar-refractivity contribution in [2.75, 3.05) is 29.9 Å². The van der Waals surface area contributed by atoms with E-state index in [0.29, 0.717) is 5.02 Å². The van der Waals surface area contributed by atoms with Gasteiger partial charge in [0.1, 0.15) is 12.7 Å². The molecular weight excluding hydrogens is 412 g/mol. The minimum absolute atomic E-state index is 0.583. The van der Waals surface area contributed by atoms with Crippen molar-refractivity contribution in [1.82, 2.24) is 29.7 Å². The van der Waals surface area contributed by atoms with Gasteiger partial charge in [0.15, 0.2) is 5.82 Å². The van der Waals surface area contributed by atoms with Gasteiger partial charge in [-0.05, 0) is 49.7 Å². The molecule has 1 N–H and O–H groups in total. The van der Waals surface area contributed by atoms with Crippen LogP contribution in [0.5, 0.6) is 0 Å². The van der Waals surface area contributed by atoms with Gasteiger partial charge in [0.05, 0.1) is 29.3 Å². The second-order valence-electron chi connectivity index (χ2n) is 8.10. The first-order valence-corrected chi connectivity index (χ1v) is 11.4. The fourth-order valence-corrected chi connectivity index (χ4v) is 4.27. The van der Waals surface area contributed by atoms with Crippen molar-refractivity contribution in [1.29, 1.82) is 0 Å². The van der Waals surface area contributed by atoms with Crippen LogP contribution in [0.4, 0.5) is 11.6 Å². The number of piperidine rings is 1. The quantitative estimate of drug-likeness (QED) is 0.532.